The Morgan fingerprint density at radius 1 is 1.67 bits per heavy atom. The van der Waals surface area contributed by atoms with Crippen molar-refractivity contribution in [2.45, 2.75) is 6.42 Å². The van der Waals surface area contributed by atoms with Gasteiger partial charge in [-0.15, -0.1) is 0 Å². The first-order chi connectivity index (χ1) is 7.20. The second kappa shape index (κ2) is 5.35. The number of hydrogen-bond acceptors (Lipinski definition) is 5. The molecule has 0 aromatic carbocycles. The Kier molecular flexibility index (Phi) is 4.11. The number of anilines is 1. The van der Waals surface area contributed by atoms with Crippen molar-refractivity contribution < 1.29 is 4.74 Å². The second-order valence-corrected chi connectivity index (χ2v) is 3.15. The van der Waals surface area contributed by atoms with Crippen LogP contribution in [0.15, 0.2) is 11.1 Å². The molecule has 0 saturated heterocycles. The maximum atomic E-state index is 11.4. The van der Waals surface area contributed by atoms with Gasteiger partial charge in [0.15, 0.2) is 5.82 Å². The van der Waals surface area contributed by atoms with Gasteiger partial charge < -0.3 is 20.4 Å². The van der Waals surface area contributed by atoms with E-state index >= 15 is 0 Å². The van der Waals surface area contributed by atoms with E-state index in [-0.39, 0.29) is 11.3 Å². The Balaban J connectivity index is 2.92. The van der Waals surface area contributed by atoms with E-state index in [1.807, 2.05) is 11.9 Å². The standard InChI is InChI=1S/C9H16N4O2/c1-13(5-3-4-10)8-7(15-2)9(14)12-6-11-8/h6H,3-5,10H2,1-2H3,(H,11,12,14). The van der Waals surface area contributed by atoms with Crippen LogP contribution in [0.1, 0.15) is 6.42 Å². The molecule has 1 heterocycles. The molecule has 6 heteroatoms. The molecule has 0 radical (unpaired) electrons. The lowest BCUT2D eigenvalue weighted by atomic mass is 10.4. The number of nitrogens with zero attached hydrogens (tertiary/aromatic N) is 2. The lowest BCUT2D eigenvalue weighted by Crippen LogP contribution is -2.25. The average Bonchev–Trinajstić information content (AvgIpc) is 2.25. The number of aromatic nitrogens is 2. The van der Waals surface area contributed by atoms with Gasteiger partial charge in [-0.2, -0.15) is 0 Å². The smallest absolute Gasteiger partial charge is 0.295 e. The normalized spacial score (nSPS) is 10.1. The van der Waals surface area contributed by atoms with Crippen molar-refractivity contribution in [3.63, 3.8) is 0 Å². The third-order valence-corrected chi connectivity index (χ3v) is 2.06. The van der Waals surface area contributed by atoms with Crippen LogP contribution in [-0.2, 0) is 0 Å². The highest BCUT2D eigenvalue weighted by Crippen LogP contribution is 2.18. The molecule has 15 heavy (non-hydrogen) atoms. The molecule has 0 aliphatic carbocycles. The molecule has 0 spiro atoms. The van der Waals surface area contributed by atoms with Crippen LogP contribution >= 0.6 is 0 Å². The molecule has 1 aromatic heterocycles. The van der Waals surface area contributed by atoms with Gasteiger partial charge in [0.25, 0.3) is 5.56 Å². The first-order valence-electron chi connectivity index (χ1n) is 4.73. The fourth-order valence-electron chi connectivity index (χ4n) is 1.27. The van der Waals surface area contributed by atoms with Gasteiger partial charge in [-0.05, 0) is 13.0 Å². The molecule has 0 saturated carbocycles. The van der Waals surface area contributed by atoms with E-state index in [0.29, 0.717) is 12.4 Å². The maximum Gasteiger partial charge on any atom is 0.295 e. The SMILES string of the molecule is COc1c(N(C)CCCN)nc[nH]c1=O. The molecule has 0 aliphatic heterocycles. The largest absolute Gasteiger partial charge is 0.489 e. The molecule has 0 amide bonds. The molecule has 0 atom stereocenters. The summed E-state index contributed by atoms with van der Waals surface area (Å²) in [4.78, 5) is 19.8. The summed E-state index contributed by atoms with van der Waals surface area (Å²) >= 11 is 0. The van der Waals surface area contributed by atoms with Crippen LogP contribution in [0.5, 0.6) is 5.75 Å². The van der Waals surface area contributed by atoms with E-state index in [2.05, 4.69) is 9.97 Å². The zero-order valence-electron chi connectivity index (χ0n) is 8.99. The maximum absolute atomic E-state index is 11.4. The predicted octanol–water partition coefficient (Wildman–Crippen LogP) is -0.436. The molecule has 6 nitrogen and oxygen atoms in total. The van der Waals surface area contributed by atoms with Crippen molar-refractivity contribution in [2.24, 2.45) is 5.73 Å². The van der Waals surface area contributed by atoms with Crippen LogP contribution in [0.2, 0.25) is 0 Å². The van der Waals surface area contributed by atoms with Gasteiger partial charge in [0.1, 0.15) is 0 Å². The highest BCUT2D eigenvalue weighted by atomic mass is 16.5. The van der Waals surface area contributed by atoms with Crippen molar-refractivity contribution in [1.29, 1.82) is 0 Å². The van der Waals surface area contributed by atoms with E-state index in [1.165, 1.54) is 13.4 Å². The number of hydrogen-bond donors (Lipinski definition) is 2. The van der Waals surface area contributed by atoms with Crippen molar-refractivity contribution in [2.75, 3.05) is 32.1 Å². The van der Waals surface area contributed by atoms with Crippen LogP contribution in [0.4, 0.5) is 5.82 Å². The summed E-state index contributed by atoms with van der Waals surface area (Å²) < 4.78 is 5.00. The van der Waals surface area contributed by atoms with Gasteiger partial charge in [-0.25, -0.2) is 4.98 Å². The third-order valence-electron chi connectivity index (χ3n) is 2.06. The van der Waals surface area contributed by atoms with Crippen molar-refractivity contribution >= 4 is 5.82 Å². The van der Waals surface area contributed by atoms with E-state index in [1.54, 1.807) is 0 Å². The Morgan fingerprint density at radius 2 is 2.40 bits per heavy atom. The van der Waals surface area contributed by atoms with E-state index in [0.717, 1.165) is 13.0 Å². The molecule has 84 valence electrons. The molecule has 0 aliphatic rings. The summed E-state index contributed by atoms with van der Waals surface area (Å²) in [5, 5.41) is 0. The number of rotatable bonds is 5. The fourth-order valence-corrected chi connectivity index (χ4v) is 1.27. The van der Waals surface area contributed by atoms with Crippen LogP contribution < -0.4 is 20.9 Å². The summed E-state index contributed by atoms with van der Waals surface area (Å²) in [5.41, 5.74) is 5.13. The first kappa shape index (κ1) is 11.5. The second-order valence-electron chi connectivity index (χ2n) is 3.15. The van der Waals surface area contributed by atoms with Crippen LogP contribution in [0.25, 0.3) is 0 Å². The summed E-state index contributed by atoms with van der Waals surface area (Å²) in [5.74, 6) is 0.770. The van der Waals surface area contributed by atoms with Gasteiger partial charge in [0.2, 0.25) is 5.75 Å². The molecule has 1 rings (SSSR count). The van der Waals surface area contributed by atoms with Gasteiger partial charge in [-0.3, -0.25) is 4.79 Å². The van der Waals surface area contributed by atoms with Gasteiger partial charge >= 0.3 is 0 Å². The zero-order chi connectivity index (χ0) is 11.3. The number of H-pyrrole nitrogens is 1. The molecule has 1 aromatic rings. The molecule has 0 unspecified atom stereocenters. The number of nitrogens with two attached hydrogens (primary N) is 1. The Bertz CT molecular complexity index is 363. The summed E-state index contributed by atoms with van der Waals surface area (Å²) in [6.45, 7) is 1.35. The van der Waals surface area contributed by atoms with Gasteiger partial charge in [0, 0.05) is 13.6 Å². The average molecular weight is 212 g/mol. The summed E-state index contributed by atoms with van der Waals surface area (Å²) in [6, 6.07) is 0. The van der Waals surface area contributed by atoms with Crippen molar-refractivity contribution in [3.05, 3.63) is 16.7 Å². The Morgan fingerprint density at radius 3 is 3.00 bits per heavy atom. The molecular formula is C9H16N4O2. The Labute approximate surface area is 88.1 Å². The van der Waals surface area contributed by atoms with Crippen molar-refractivity contribution in [1.82, 2.24) is 9.97 Å². The van der Waals surface area contributed by atoms with Crippen LogP contribution in [0, 0.1) is 0 Å². The monoisotopic (exact) mass is 212 g/mol. The summed E-state index contributed by atoms with van der Waals surface area (Å²) in [7, 11) is 3.30. The third kappa shape index (κ3) is 2.69. The van der Waals surface area contributed by atoms with Crippen molar-refractivity contribution in [3.8, 4) is 5.75 Å². The van der Waals surface area contributed by atoms with Crippen LogP contribution in [0.3, 0.4) is 0 Å². The van der Waals surface area contributed by atoms with E-state index < -0.39 is 0 Å². The molecule has 3 N–H and O–H groups in total. The lowest BCUT2D eigenvalue weighted by Gasteiger charge is -2.18. The first-order valence-corrected chi connectivity index (χ1v) is 4.73. The van der Waals surface area contributed by atoms with Gasteiger partial charge in [-0.1, -0.05) is 0 Å². The minimum Gasteiger partial charge on any atom is -0.489 e. The molecule has 0 bridgehead atoms. The number of nitrogens with one attached hydrogen (secondary N) is 1. The quantitative estimate of drug-likeness (QED) is 0.691. The molecule has 0 fully saturated rings. The highest BCUT2D eigenvalue weighted by Gasteiger charge is 2.12. The number of ether oxygens (including phenoxy) is 1. The van der Waals surface area contributed by atoms with Crippen LogP contribution in [-0.4, -0.2) is 37.2 Å². The highest BCUT2D eigenvalue weighted by molar-refractivity contribution is 5.49. The Hall–Kier alpha value is -1.56. The topological polar surface area (TPSA) is 84.2 Å². The van der Waals surface area contributed by atoms with E-state index in [9.17, 15) is 4.79 Å². The zero-order valence-corrected chi connectivity index (χ0v) is 8.99. The molecular weight excluding hydrogens is 196 g/mol. The fraction of sp³-hybridized carbons (Fsp3) is 0.556. The summed E-state index contributed by atoms with van der Waals surface area (Å²) in [6.07, 6.45) is 2.20. The number of aromatic amines is 1. The lowest BCUT2D eigenvalue weighted by molar-refractivity contribution is 0.406. The van der Waals surface area contributed by atoms with E-state index in [4.69, 9.17) is 10.5 Å². The predicted molar refractivity (Wildman–Crippen MR) is 58.4 cm³/mol. The minimum atomic E-state index is -0.276. The van der Waals surface area contributed by atoms with Gasteiger partial charge in [0.05, 0.1) is 13.4 Å². The number of methoxy groups -OCH3 is 1. The minimum absolute atomic E-state index is 0.233.